The molecule has 2 heterocycles. The van der Waals surface area contributed by atoms with Crippen molar-refractivity contribution in [2.45, 2.75) is 51.2 Å². The van der Waals surface area contributed by atoms with Gasteiger partial charge in [0.25, 0.3) is 5.91 Å². The minimum absolute atomic E-state index is 0.0198. The van der Waals surface area contributed by atoms with E-state index in [-0.39, 0.29) is 17.9 Å². The molecule has 0 unspecified atom stereocenters. The van der Waals surface area contributed by atoms with Crippen LogP contribution < -0.4 is 0 Å². The number of carbonyl (C=O) groups excluding carboxylic acids is 1. The van der Waals surface area contributed by atoms with Crippen LogP contribution in [-0.4, -0.2) is 38.5 Å². The Balaban J connectivity index is 1.72. The Morgan fingerprint density at radius 2 is 1.87 bits per heavy atom. The van der Waals surface area contributed by atoms with E-state index in [0.717, 1.165) is 30.3 Å². The van der Waals surface area contributed by atoms with E-state index in [9.17, 15) is 9.90 Å². The van der Waals surface area contributed by atoms with E-state index in [1.165, 1.54) is 0 Å². The molecule has 1 N–H and O–H groups in total. The predicted octanol–water partition coefficient (Wildman–Crippen LogP) is 4.56. The van der Waals surface area contributed by atoms with Gasteiger partial charge in [-0.2, -0.15) is 0 Å². The number of aliphatic hydroxyl groups is 1. The SMILES string of the molecule is CCC[C@@H]1[C@H](CC)N(C(=O)c2cccc3nccnc23)CC[C@@]1(O)c1ccccc1. The zero-order valence-corrected chi connectivity index (χ0v) is 17.7. The topological polar surface area (TPSA) is 66.3 Å². The van der Waals surface area contributed by atoms with Crippen LogP contribution in [0.25, 0.3) is 11.0 Å². The predicted molar refractivity (Wildman–Crippen MR) is 118 cm³/mol. The number of carbonyl (C=O) groups is 1. The Hall–Kier alpha value is -2.79. The largest absolute Gasteiger partial charge is 0.385 e. The van der Waals surface area contributed by atoms with Crippen LogP contribution in [0.5, 0.6) is 0 Å². The smallest absolute Gasteiger partial charge is 0.256 e. The number of aromatic nitrogens is 2. The molecule has 30 heavy (non-hydrogen) atoms. The Morgan fingerprint density at radius 1 is 1.10 bits per heavy atom. The summed E-state index contributed by atoms with van der Waals surface area (Å²) in [6.45, 7) is 4.76. The number of likely N-dealkylation sites (tertiary alicyclic amines) is 1. The summed E-state index contributed by atoms with van der Waals surface area (Å²) in [5.74, 6) is -0.0437. The minimum Gasteiger partial charge on any atom is -0.385 e. The molecule has 0 spiro atoms. The third-order valence-corrected chi connectivity index (χ3v) is 6.49. The zero-order chi connectivity index (χ0) is 21.1. The van der Waals surface area contributed by atoms with Crippen molar-refractivity contribution in [1.82, 2.24) is 14.9 Å². The van der Waals surface area contributed by atoms with Crippen molar-refractivity contribution in [1.29, 1.82) is 0 Å². The standard InChI is InChI=1S/C25H29N3O2/c1-3-9-20-22(4-2)28(17-14-25(20,30)18-10-6-5-7-11-18)24(29)19-12-8-13-21-23(19)27-16-15-26-21/h5-8,10-13,15-16,20,22,30H,3-4,9,14,17H2,1-2H3/t20-,22+,25-/m1/s1. The number of nitrogens with zero attached hydrogens (tertiary/aromatic N) is 3. The molecule has 1 saturated heterocycles. The highest BCUT2D eigenvalue weighted by Gasteiger charge is 2.48. The van der Waals surface area contributed by atoms with Crippen molar-refractivity contribution in [2.75, 3.05) is 6.54 Å². The lowest BCUT2D eigenvalue weighted by Gasteiger charge is -2.50. The molecular weight excluding hydrogens is 374 g/mol. The quantitative estimate of drug-likeness (QED) is 0.678. The molecule has 0 radical (unpaired) electrons. The van der Waals surface area contributed by atoms with E-state index in [1.54, 1.807) is 12.4 Å². The molecule has 5 heteroatoms. The summed E-state index contributed by atoms with van der Waals surface area (Å²) in [4.78, 5) is 24.4. The molecule has 1 fully saturated rings. The van der Waals surface area contributed by atoms with Crippen LogP contribution in [-0.2, 0) is 5.60 Å². The van der Waals surface area contributed by atoms with Crippen molar-refractivity contribution < 1.29 is 9.90 Å². The first-order valence-electron chi connectivity index (χ1n) is 10.9. The molecular formula is C25H29N3O2. The Kier molecular flexibility index (Phi) is 5.82. The van der Waals surface area contributed by atoms with E-state index >= 15 is 0 Å². The van der Waals surface area contributed by atoms with Crippen LogP contribution in [0, 0.1) is 5.92 Å². The Bertz CT molecular complexity index is 1020. The third-order valence-electron chi connectivity index (χ3n) is 6.49. The molecule has 0 bridgehead atoms. The fourth-order valence-electron chi connectivity index (χ4n) is 5.08. The molecule has 3 atom stereocenters. The molecule has 1 aliphatic heterocycles. The van der Waals surface area contributed by atoms with Gasteiger partial charge in [0.1, 0.15) is 5.52 Å². The van der Waals surface area contributed by atoms with Gasteiger partial charge in [-0.15, -0.1) is 0 Å². The number of piperidine rings is 1. The molecule has 3 aromatic rings. The van der Waals surface area contributed by atoms with E-state index in [4.69, 9.17) is 0 Å². The lowest BCUT2D eigenvalue weighted by molar-refractivity contribution is -0.101. The highest BCUT2D eigenvalue weighted by molar-refractivity contribution is 6.04. The normalized spacial score (nSPS) is 24.2. The highest BCUT2D eigenvalue weighted by atomic mass is 16.3. The van der Waals surface area contributed by atoms with Crippen LogP contribution in [0.4, 0.5) is 0 Å². The van der Waals surface area contributed by atoms with Crippen molar-refractivity contribution in [3.05, 3.63) is 72.1 Å². The number of benzene rings is 2. The summed E-state index contributed by atoms with van der Waals surface area (Å²) in [5, 5.41) is 11.8. The average Bonchev–Trinajstić information content (AvgIpc) is 2.80. The van der Waals surface area contributed by atoms with Gasteiger partial charge in [-0.25, -0.2) is 0 Å². The van der Waals surface area contributed by atoms with Gasteiger partial charge in [-0.1, -0.05) is 56.7 Å². The van der Waals surface area contributed by atoms with Gasteiger partial charge < -0.3 is 10.0 Å². The van der Waals surface area contributed by atoms with E-state index in [0.29, 0.717) is 24.0 Å². The maximum atomic E-state index is 13.7. The number of hydrogen-bond donors (Lipinski definition) is 1. The third kappa shape index (κ3) is 3.47. The molecule has 1 amide bonds. The average molecular weight is 404 g/mol. The van der Waals surface area contributed by atoms with Gasteiger partial charge in [0, 0.05) is 30.9 Å². The van der Waals surface area contributed by atoms with Gasteiger partial charge in [0.15, 0.2) is 0 Å². The van der Waals surface area contributed by atoms with Crippen molar-refractivity contribution >= 4 is 16.9 Å². The number of para-hydroxylation sites is 1. The van der Waals surface area contributed by atoms with Crippen LogP contribution in [0.3, 0.4) is 0 Å². The fraction of sp³-hybridized carbons (Fsp3) is 0.400. The fourth-order valence-corrected chi connectivity index (χ4v) is 5.08. The first-order chi connectivity index (χ1) is 14.6. The first-order valence-corrected chi connectivity index (χ1v) is 10.9. The maximum Gasteiger partial charge on any atom is 0.256 e. The van der Waals surface area contributed by atoms with Crippen LogP contribution in [0.15, 0.2) is 60.9 Å². The van der Waals surface area contributed by atoms with Crippen molar-refractivity contribution in [2.24, 2.45) is 5.92 Å². The summed E-state index contributed by atoms with van der Waals surface area (Å²) in [7, 11) is 0. The second-order valence-corrected chi connectivity index (χ2v) is 8.14. The molecule has 5 nitrogen and oxygen atoms in total. The second kappa shape index (κ2) is 8.52. The van der Waals surface area contributed by atoms with Crippen molar-refractivity contribution in [3.8, 4) is 0 Å². The van der Waals surface area contributed by atoms with Crippen molar-refractivity contribution in [3.63, 3.8) is 0 Å². The Morgan fingerprint density at radius 3 is 2.60 bits per heavy atom. The summed E-state index contributed by atoms with van der Waals surface area (Å²) in [5.41, 5.74) is 1.97. The monoisotopic (exact) mass is 403 g/mol. The van der Waals surface area contributed by atoms with E-state index < -0.39 is 5.60 Å². The molecule has 1 aliphatic rings. The number of amides is 1. The van der Waals surface area contributed by atoms with Gasteiger partial charge >= 0.3 is 0 Å². The molecule has 2 aromatic carbocycles. The lowest BCUT2D eigenvalue weighted by atomic mass is 9.69. The number of rotatable bonds is 5. The lowest BCUT2D eigenvalue weighted by Crippen LogP contribution is -2.57. The van der Waals surface area contributed by atoms with E-state index in [1.807, 2.05) is 53.4 Å². The highest BCUT2D eigenvalue weighted by Crippen LogP contribution is 2.44. The van der Waals surface area contributed by atoms with Gasteiger partial charge in [0.05, 0.1) is 16.7 Å². The summed E-state index contributed by atoms with van der Waals surface area (Å²) < 4.78 is 0. The van der Waals surface area contributed by atoms with Gasteiger partial charge in [-0.05, 0) is 37.0 Å². The molecule has 0 aliphatic carbocycles. The number of fused-ring (bicyclic) bond motifs is 1. The van der Waals surface area contributed by atoms with Crippen LogP contribution in [0.2, 0.25) is 0 Å². The maximum absolute atomic E-state index is 13.7. The van der Waals surface area contributed by atoms with E-state index in [2.05, 4.69) is 23.8 Å². The molecule has 156 valence electrons. The summed E-state index contributed by atoms with van der Waals surface area (Å²) >= 11 is 0. The second-order valence-electron chi connectivity index (χ2n) is 8.14. The zero-order valence-electron chi connectivity index (χ0n) is 17.7. The van der Waals surface area contributed by atoms with Gasteiger partial charge in [-0.3, -0.25) is 14.8 Å². The minimum atomic E-state index is -0.923. The van der Waals surface area contributed by atoms with Gasteiger partial charge in [0.2, 0.25) is 0 Å². The molecule has 0 saturated carbocycles. The number of hydrogen-bond acceptors (Lipinski definition) is 4. The summed E-state index contributed by atoms with van der Waals surface area (Å²) in [6, 6.07) is 15.5. The van der Waals surface area contributed by atoms with Crippen LogP contribution in [0.1, 0.15) is 55.5 Å². The van der Waals surface area contributed by atoms with Crippen LogP contribution >= 0.6 is 0 Å². The first kappa shape index (κ1) is 20.5. The molecule has 4 rings (SSSR count). The molecule has 1 aromatic heterocycles. The Labute approximate surface area is 177 Å². The summed E-state index contributed by atoms with van der Waals surface area (Å²) in [6.07, 6.45) is 6.41.